The van der Waals surface area contributed by atoms with Crippen molar-refractivity contribution in [1.82, 2.24) is 10.1 Å². The van der Waals surface area contributed by atoms with Crippen LogP contribution < -0.4 is 5.73 Å². The highest BCUT2D eigenvalue weighted by Gasteiger charge is 2.33. The van der Waals surface area contributed by atoms with Crippen molar-refractivity contribution in [2.24, 2.45) is 5.73 Å². The molecule has 0 aliphatic rings. The van der Waals surface area contributed by atoms with E-state index in [9.17, 15) is 4.39 Å². The van der Waals surface area contributed by atoms with Gasteiger partial charge in [0, 0.05) is 16.6 Å². The molecule has 0 fully saturated rings. The summed E-state index contributed by atoms with van der Waals surface area (Å²) in [6.07, 6.45) is 1.62. The summed E-state index contributed by atoms with van der Waals surface area (Å²) in [4.78, 5) is 4.41. The third-order valence-electron chi connectivity index (χ3n) is 3.79. The van der Waals surface area contributed by atoms with Crippen LogP contribution in [0.4, 0.5) is 4.39 Å². The first kappa shape index (κ1) is 15.1. The van der Waals surface area contributed by atoms with Crippen LogP contribution in [0.25, 0.3) is 11.4 Å². The Kier molecular flexibility index (Phi) is 4.55. The molecular weight excluding hydrogens is 325 g/mol. The van der Waals surface area contributed by atoms with Crippen molar-refractivity contribution in [1.29, 1.82) is 0 Å². The molecule has 1 aromatic carbocycles. The molecule has 0 spiro atoms. The SMILES string of the molecule is CCC(CC)(CN)c1nc(-c2cc(F)ccc2Br)no1. The standard InChI is InChI=1S/C14H17BrFN3O/c1-3-14(4-2,8-17)13-18-12(19-20-13)10-7-9(16)5-6-11(10)15/h5-7H,3-4,8,17H2,1-2H3. The van der Waals surface area contributed by atoms with Gasteiger partial charge >= 0.3 is 0 Å². The fraction of sp³-hybridized carbons (Fsp3) is 0.429. The Morgan fingerprint density at radius 1 is 1.35 bits per heavy atom. The molecule has 0 bridgehead atoms. The molecule has 2 rings (SSSR count). The van der Waals surface area contributed by atoms with Gasteiger partial charge in [0.05, 0.1) is 5.41 Å². The van der Waals surface area contributed by atoms with Gasteiger partial charge in [0.2, 0.25) is 11.7 Å². The zero-order valence-electron chi connectivity index (χ0n) is 11.5. The molecule has 0 radical (unpaired) electrons. The summed E-state index contributed by atoms with van der Waals surface area (Å²) < 4.78 is 19.4. The largest absolute Gasteiger partial charge is 0.338 e. The molecule has 0 aliphatic heterocycles. The van der Waals surface area contributed by atoms with Crippen molar-refractivity contribution in [2.75, 3.05) is 6.54 Å². The second kappa shape index (κ2) is 6.01. The van der Waals surface area contributed by atoms with E-state index in [1.165, 1.54) is 12.1 Å². The van der Waals surface area contributed by atoms with Gasteiger partial charge in [-0.25, -0.2) is 4.39 Å². The van der Waals surface area contributed by atoms with E-state index in [2.05, 4.69) is 26.1 Å². The van der Waals surface area contributed by atoms with Crippen LogP contribution in [0.3, 0.4) is 0 Å². The lowest BCUT2D eigenvalue weighted by molar-refractivity contribution is 0.267. The highest BCUT2D eigenvalue weighted by atomic mass is 79.9. The van der Waals surface area contributed by atoms with Gasteiger partial charge in [0.15, 0.2) is 0 Å². The van der Waals surface area contributed by atoms with Gasteiger partial charge in [-0.15, -0.1) is 0 Å². The molecule has 1 aromatic heterocycles. The zero-order chi connectivity index (χ0) is 14.8. The highest BCUT2D eigenvalue weighted by molar-refractivity contribution is 9.10. The summed E-state index contributed by atoms with van der Waals surface area (Å²) in [5.41, 5.74) is 6.12. The van der Waals surface area contributed by atoms with Crippen molar-refractivity contribution in [2.45, 2.75) is 32.1 Å². The first-order valence-corrected chi connectivity index (χ1v) is 7.35. The Hall–Kier alpha value is -1.27. The Morgan fingerprint density at radius 2 is 2.05 bits per heavy atom. The molecule has 0 saturated heterocycles. The third kappa shape index (κ3) is 2.62. The van der Waals surface area contributed by atoms with Gasteiger partial charge in [0.1, 0.15) is 5.82 Å². The van der Waals surface area contributed by atoms with Gasteiger partial charge in [-0.3, -0.25) is 0 Å². The lowest BCUT2D eigenvalue weighted by Crippen LogP contribution is -2.34. The maximum atomic E-state index is 13.3. The van der Waals surface area contributed by atoms with Crippen LogP contribution in [-0.2, 0) is 5.41 Å². The normalized spacial score (nSPS) is 11.8. The molecule has 0 atom stereocenters. The van der Waals surface area contributed by atoms with Crippen molar-refractivity contribution in [3.05, 3.63) is 34.4 Å². The van der Waals surface area contributed by atoms with Crippen LogP contribution in [0.1, 0.15) is 32.6 Å². The second-order valence-electron chi connectivity index (χ2n) is 4.74. The quantitative estimate of drug-likeness (QED) is 0.901. The number of nitrogens with zero attached hydrogens (tertiary/aromatic N) is 2. The van der Waals surface area contributed by atoms with Crippen LogP contribution in [0, 0.1) is 5.82 Å². The zero-order valence-corrected chi connectivity index (χ0v) is 13.1. The molecule has 0 amide bonds. The summed E-state index contributed by atoms with van der Waals surface area (Å²) in [6.45, 7) is 4.52. The number of benzene rings is 1. The Balaban J connectivity index is 2.45. The summed E-state index contributed by atoms with van der Waals surface area (Å²) in [6, 6.07) is 4.37. The topological polar surface area (TPSA) is 64.9 Å². The minimum Gasteiger partial charge on any atom is -0.338 e. The molecule has 0 saturated carbocycles. The fourth-order valence-corrected chi connectivity index (χ4v) is 2.57. The van der Waals surface area contributed by atoms with Gasteiger partial charge in [-0.1, -0.05) is 34.9 Å². The van der Waals surface area contributed by atoms with Gasteiger partial charge in [-0.2, -0.15) is 4.98 Å². The van der Waals surface area contributed by atoms with Crippen molar-refractivity contribution >= 4 is 15.9 Å². The Labute approximate surface area is 125 Å². The van der Waals surface area contributed by atoms with E-state index in [1.807, 2.05) is 13.8 Å². The number of nitrogens with two attached hydrogens (primary N) is 1. The van der Waals surface area contributed by atoms with E-state index in [-0.39, 0.29) is 11.2 Å². The first-order chi connectivity index (χ1) is 9.56. The number of hydrogen-bond donors (Lipinski definition) is 1. The van der Waals surface area contributed by atoms with Crippen LogP contribution in [0.5, 0.6) is 0 Å². The average Bonchev–Trinajstić information content (AvgIpc) is 2.94. The molecular formula is C14H17BrFN3O. The van der Waals surface area contributed by atoms with E-state index < -0.39 is 0 Å². The summed E-state index contributed by atoms with van der Waals surface area (Å²) in [5, 5.41) is 3.96. The lowest BCUT2D eigenvalue weighted by Gasteiger charge is -2.24. The molecule has 0 unspecified atom stereocenters. The third-order valence-corrected chi connectivity index (χ3v) is 4.48. The second-order valence-corrected chi connectivity index (χ2v) is 5.59. The van der Waals surface area contributed by atoms with Crippen molar-refractivity contribution in [3.8, 4) is 11.4 Å². The Bertz CT molecular complexity index is 588. The van der Waals surface area contributed by atoms with Gasteiger partial charge in [0.25, 0.3) is 0 Å². The van der Waals surface area contributed by atoms with E-state index in [0.717, 1.165) is 17.3 Å². The van der Waals surface area contributed by atoms with E-state index in [1.54, 1.807) is 6.07 Å². The molecule has 4 nitrogen and oxygen atoms in total. The molecule has 6 heteroatoms. The highest BCUT2D eigenvalue weighted by Crippen LogP contribution is 2.32. The monoisotopic (exact) mass is 341 g/mol. The van der Waals surface area contributed by atoms with Crippen LogP contribution in [-0.4, -0.2) is 16.7 Å². The maximum absolute atomic E-state index is 13.3. The van der Waals surface area contributed by atoms with Crippen LogP contribution in [0.2, 0.25) is 0 Å². The lowest BCUT2D eigenvalue weighted by atomic mass is 9.82. The molecule has 2 aromatic rings. The first-order valence-electron chi connectivity index (χ1n) is 6.56. The van der Waals surface area contributed by atoms with Gasteiger partial charge < -0.3 is 10.3 Å². The summed E-state index contributed by atoms with van der Waals surface area (Å²) in [5.74, 6) is 0.535. The molecule has 20 heavy (non-hydrogen) atoms. The minimum atomic E-state index is -0.342. The Morgan fingerprint density at radius 3 is 2.65 bits per heavy atom. The molecule has 0 aliphatic carbocycles. The van der Waals surface area contributed by atoms with E-state index in [0.29, 0.717) is 23.8 Å². The van der Waals surface area contributed by atoms with Crippen LogP contribution in [0.15, 0.2) is 27.2 Å². The number of halogens is 2. The van der Waals surface area contributed by atoms with Crippen LogP contribution >= 0.6 is 15.9 Å². The van der Waals surface area contributed by atoms with E-state index in [4.69, 9.17) is 10.3 Å². The van der Waals surface area contributed by atoms with E-state index >= 15 is 0 Å². The molecule has 1 heterocycles. The number of hydrogen-bond acceptors (Lipinski definition) is 4. The number of rotatable bonds is 5. The minimum absolute atomic E-state index is 0.314. The smallest absolute Gasteiger partial charge is 0.234 e. The predicted molar refractivity (Wildman–Crippen MR) is 78.7 cm³/mol. The summed E-state index contributed by atoms with van der Waals surface area (Å²) >= 11 is 3.37. The maximum Gasteiger partial charge on any atom is 0.234 e. The molecule has 108 valence electrons. The predicted octanol–water partition coefficient (Wildman–Crippen LogP) is 3.65. The van der Waals surface area contributed by atoms with Crippen molar-refractivity contribution < 1.29 is 8.91 Å². The summed E-state index contributed by atoms with van der Waals surface area (Å²) in [7, 11) is 0. The molecule has 2 N–H and O–H groups in total. The average molecular weight is 342 g/mol. The van der Waals surface area contributed by atoms with Gasteiger partial charge in [-0.05, 0) is 31.0 Å². The fourth-order valence-electron chi connectivity index (χ4n) is 2.15. The van der Waals surface area contributed by atoms with Crippen molar-refractivity contribution in [3.63, 3.8) is 0 Å². The number of aromatic nitrogens is 2.